The molecular weight excluding hydrogens is 367 g/mol. The molecule has 0 saturated heterocycles. The zero-order valence-electron chi connectivity index (χ0n) is 10.1. The number of hydrogen-bond acceptors (Lipinski definition) is 7. The maximum Gasteiger partial charge on any atom is 0.313 e. The molecule has 0 amide bonds. The van der Waals surface area contributed by atoms with Crippen LogP contribution in [0.2, 0.25) is 5.71 Å². The first-order valence-corrected chi connectivity index (χ1v) is 9.94. The largest absolute Gasteiger partial charge is 0.481 e. The molecule has 0 spiro atoms. The number of aliphatic hydroxyl groups excluding tert-OH is 2. The Labute approximate surface area is 124 Å². The van der Waals surface area contributed by atoms with Crippen LogP contribution in [0.3, 0.4) is 0 Å². The SMILES string of the molecule is C[As](=O)(O)O.O=C(O)CS.O=C(O)CS.OCCO. The molecule has 9 nitrogen and oxygen atoms in total. The van der Waals surface area contributed by atoms with Gasteiger partial charge in [-0.25, -0.2) is 0 Å². The van der Waals surface area contributed by atoms with Crippen molar-refractivity contribution in [2.45, 2.75) is 5.71 Å². The van der Waals surface area contributed by atoms with Crippen LogP contribution in [0, 0.1) is 0 Å². The van der Waals surface area contributed by atoms with E-state index in [9.17, 15) is 13.3 Å². The first-order chi connectivity index (χ1) is 8.45. The Hall–Kier alpha value is -0.162. The van der Waals surface area contributed by atoms with Crippen molar-refractivity contribution in [3.8, 4) is 0 Å². The van der Waals surface area contributed by atoms with Crippen molar-refractivity contribution in [3.05, 3.63) is 0 Å². The van der Waals surface area contributed by atoms with Gasteiger partial charge in [0.2, 0.25) is 0 Å². The van der Waals surface area contributed by atoms with Gasteiger partial charge in [-0.15, -0.1) is 0 Å². The van der Waals surface area contributed by atoms with Crippen LogP contribution in [0.1, 0.15) is 0 Å². The van der Waals surface area contributed by atoms with Gasteiger partial charge < -0.3 is 20.4 Å². The van der Waals surface area contributed by atoms with Crippen LogP contribution >= 0.6 is 25.3 Å². The molecular formula is C7H19AsO9S2. The number of hydrogen-bond donors (Lipinski definition) is 8. The standard InChI is InChI=1S/2C2H4O2S.C2H6O2.CH5AsO3/c2*3-2(4)1-5;3-1-2-4;1-2(3,4)5/h2*5H,1H2,(H,3,4);3-4H,1-2H2;1H3,(H2,3,4,5). The van der Waals surface area contributed by atoms with Gasteiger partial charge in [0, 0.05) is 0 Å². The van der Waals surface area contributed by atoms with Gasteiger partial charge in [-0.05, 0) is 0 Å². The molecule has 19 heavy (non-hydrogen) atoms. The number of aliphatic carboxylic acids is 2. The topological polar surface area (TPSA) is 173 Å². The Kier molecular flexibility index (Phi) is 28.9. The molecule has 0 aliphatic heterocycles. The van der Waals surface area contributed by atoms with Gasteiger partial charge in [-0.2, -0.15) is 25.3 Å². The minimum Gasteiger partial charge on any atom is -0.481 e. The van der Waals surface area contributed by atoms with Crippen molar-refractivity contribution >= 4 is 51.4 Å². The van der Waals surface area contributed by atoms with Crippen LogP contribution in [-0.4, -0.2) is 79.4 Å². The van der Waals surface area contributed by atoms with E-state index in [1.807, 2.05) is 0 Å². The Morgan fingerprint density at radius 2 is 1.05 bits per heavy atom. The van der Waals surface area contributed by atoms with E-state index >= 15 is 0 Å². The van der Waals surface area contributed by atoms with Crippen LogP contribution in [0.5, 0.6) is 0 Å². The fraction of sp³-hybridized carbons (Fsp3) is 0.714. The van der Waals surface area contributed by atoms with Gasteiger partial charge >= 0.3 is 43.8 Å². The normalized spacial score (nSPS) is 8.58. The summed E-state index contributed by atoms with van der Waals surface area (Å²) in [7, 11) is 0. The third-order valence-corrected chi connectivity index (χ3v) is 0.912. The van der Waals surface area contributed by atoms with Crippen LogP contribution in [-0.2, 0) is 13.3 Å². The average molecular weight is 386 g/mol. The van der Waals surface area contributed by atoms with Crippen molar-refractivity contribution in [1.82, 2.24) is 0 Å². The second kappa shape index (κ2) is 20.2. The molecule has 12 heteroatoms. The molecule has 0 rings (SSSR count). The summed E-state index contributed by atoms with van der Waals surface area (Å²) in [6.07, 6.45) is 0. The maximum atomic E-state index is 9.39. The van der Waals surface area contributed by atoms with Gasteiger partial charge in [-0.3, -0.25) is 9.59 Å². The van der Waals surface area contributed by atoms with E-state index in [0.717, 1.165) is 5.71 Å². The zero-order valence-corrected chi connectivity index (χ0v) is 13.7. The number of carbonyl (C=O) groups is 2. The van der Waals surface area contributed by atoms with Crippen LogP contribution in [0.25, 0.3) is 0 Å². The molecule has 0 aliphatic rings. The molecule has 0 atom stereocenters. The molecule has 118 valence electrons. The second-order valence-electron chi connectivity index (χ2n) is 2.39. The Morgan fingerprint density at radius 3 is 1.05 bits per heavy atom. The number of aliphatic hydroxyl groups is 2. The van der Waals surface area contributed by atoms with Gasteiger partial charge in [-0.1, -0.05) is 0 Å². The number of carboxylic acid groups (broad SMARTS) is 2. The van der Waals surface area contributed by atoms with Crippen molar-refractivity contribution < 1.29 is 41.9 Å². The predicted octanol–water partition coefficient (Wildman–Crippen LogP) is -2.06. The third kappa shape index (κ3) is 191. The molecule has 0 unspecified atom stereocenters. The molecule has 6 N–H and O–H groups in total. The quantitative estimate of drug-likeness (QED) is 0.201. The van der Waals surface area contributed by atoms with Gasteiger partial charge in [0.05, 0.1) is 24.7 Å². The fourth-order valence-corrected chi connectivity index (χ4v) is 0. The summed E-state index contributed by atoms with van der Waals surface area (Å²) in [5.41, 5.74) is 0.915. The summed E-state index contributed by atoms with van der Waals surface area (Å²) in [4.78, 5) is 18.6. The summed E-state index contributed by atoms with van der Waals surface area (Å²) < 4.78 is 24.8. The van der Waals surface area contributed by atoms with Crippen molar-refractivity contribution in [3.63, 3.8) is 0 Å². The fourth-order valence-electron chi connectivity index (χ4n) is 0. The molecule has 0 heterocycles. The first-order valence-electron chi connectivity index (χ1n) is 4.36. The van der Waals surface area contributed by atoms with E-state index < -0.39 is 26.1 Å². The summed E-state index contributed by atoms with van der Waals surface area (Å²) in [5, 5.41) is 30.5. The molecule has 0 radical (unpaired) electrons. The second-order valence-corrected chi connectivity index (χ2v) is 6.52. The van der Waals surface area contributed by atoms with E-state index in [1.165, 1.54) is 0 Å². The van der Waals surface area contributed by atoms with Gasteiger partial charge in [0.15, 0.2) is 0 Å². The number of thiol groups is 2. The van der Waals surface area contributed by atoms with E-state index in [1.54, 1.807) is 0 Å². The minimum atomic E-state index is -4.12. The molecule has 0 fully saturated rings. The van der Waals surface area contributed by atoms with Crippen LogP contribution in [0.15, 0.2) is 0 Å². The van der Waals surface area contributed by atoms with Crippen LogP contribution in [0.4, 0.5) is 0 Å². The monoisotopic (exact) mass is 386 g/mol. The average Bonchev–Trinajstić information content (AvgIpc) is 2.27. The predicted molar refractivity (Wildman–Crippen MR) is 73.9 cm³/mol. The minimum absolute atomic E-state index is 0.0833. The summed E-state index contributed by atoms with van der Waals surface area (Å²) in [6, 6.07) is 0. The van der Waals surface area contributed by atoms with Crippen molar-refractivity contribution in [1.29, 1.82) is 0 Å². The Balaban J connectivity index is -0.0000000793. The molecule has 0 bridgehead atoms. The summed E-state index contributed by atoms with van der Waals surface area (Å²) in [5.74, 6) is -1.93. The number of carboxylic acids is 2. The van der Waals surface area contributed by atoms with E-state index in [0.29, 0.717) is 0 Å². The molecule has 0 saturated carbocycles. The molecule has 0 aromatic rings. The van der Waals surface area contributed by atoms with Crippen molar-refractivity contribution in [2.24, 2.45) is 0 Å². The molecule has 0 aromatic heterocycles. The first kappa shape index (κ1) is 27.2. The van der Waals surface area contributed by atoms with Crippen molar-refractivity contribution in [2.75, 3.05) is 24.7 Å². The number of rotatable bonds is 3. The van der Waals surface area contributed by atoms with E-state index in [-0.39, 0.29) is 24.7 Å². The zero-order chi connectivity index (χ0) is 16.5. The van der Waals surface area contributed by atoms with Gasteiger partial charge in [0.1, 0.15) is 0 Å². The Bertz CT molecular complexity index is 231. The van der Waals surface area contributed by atoms with Gasteiger partial charge in [0.25, 0.3) is 0 Å². The Morgan fingerprint density at radius 1 is 0.947 bits per heavy atom. The summed E-state index contributed by atoms with van der Waals surface area (Å²) in [6.45, 7) is -0.250. The summed E-state index contributed by atoms with van der Waals surface area (Å²) >= 11 is 2.71. The van der Waals surface area contributed by atoms with E-state index in [4.69, 9.17) is 28.6 Å². The molecule has 0 aromatic carbocycles. The smallest absolute Gasteiger partial charge is 0.313 e. The van der Waals surface area contributed by atoms with E-state index in [2.05, 4.69) is 25.3 Å². The third-order valence-electron chi connectivity index (χ3n) is 0.371. The maximum absolute atomic E-state index is 9.39. The van der Waals surface area contributed by atoms with Crippen LogP contribution < -0.4 is 0 Å². The molecule has 0 aliphatic carbocycles.